The van der Waals surface area contributed by atoms with Crippen molar-refractivity contribution >= 4 is 5.84 Å². The smallest absolute Gasteiger partial charge is 0.122 e. The SMILES string of the molecule is CCc1ccc(-c2ccc(C(=N)N)cc2)cc1. The van der Waals surface area contributed by atoms with Crippen LogP contribution in [0.1, 0.15) is 18.1 Å². The Morgan fingerprint density at radius 2 is 1.41 bits per heavy atom. The lowest BCUT2D eigenvalue weighted by molar-refractivity contribution is 1.14. The molecule has 0 saturated heterocycles. The van der Waals surface area contributed by atoms with Crippen LogP contribution in [0, 0.1) is 5.41 Å². The van der Waals surface area contributed by atoms with Crippen LogP contribution >= 0.6 is 0 Å². The molecule has 0 bridgehead atoms. The van der Waals surface area contributed by atoms with Crippen molar-refractivity contribution in [2.45, 2.75) is 13.3 Å². The molecule has 0 saturated carbocycles. The van der Waals surface area contributed by atoms with Crippen molar-refractivity contribution in [1.82, 2.24) is 0 Å². The second-order valence-electron chi connectivity index (χ2n) is 4.04. The summed E-state index contributed by atoms with van der Waals surface area (Å²) >= 11 is 0. The molecule has 0 unspecified atom stereocenters. The number of benzene rings is 2. The first-order valence-electron chi connectivity index (χ1n) is 5.74. The lowest BCUT2D eigenvalue weighted by Crippen LogP contribution is -2.10. The van der Waals surface area contributed by atoms with E-state index in [4.69, 9.17) is 11.1 Å². The topological polar surface area (TPSA) is 49.9 Å². The lowest BCUT2D eigenvalue weighted by Gasteiger charge is -2.04. The molecule has 3 N–H and O–H groups in total. The van der Waals surface area contributed by atoms with E-state index in [0.29, 0.717) is 0 Å². The zero-order valence-electron chi connectivity index (χ0n) is 9.90. The molecule has 2 heteroatoms. The average molecular weight is 224 g/mol. The number of amidine groups is 1. The number of nitrogen functional groups attached to an aromatic ring is 1. The highest BCUT2D eigenvalue weighted by atomic mass is 14.7. The predicted octanol–water partition coefficient (Wildman–Crippen LogP) is 3.20. The zero-order valence-corrected chi connectivity index (χ0v) is 9.90. The zero-order chi connectivity index (χ0) is 12.3. The molecule has 2 aromatic carbocycles. The third kappa shape index (κ3) is 2.53. The van der Waals surface area contributed by atoms with Gasteiger partial charge in [0, 0.05) is 5.56 Å². The third-order valence-corrected chi connectivity index (χ3v) is 2.89. The molecule has 0 aromatic heterocycles. The van der Waals surface area contributed by atoms with Gasteiger partial charge in [-0.3, -0.25) is 5.41 Å². The molecule has 0 radical (unpaired) electrons. The van der Waals surface area contributed by atoms with Gasteiger partial charge in [-0.2, -0.15) is 0 Å². The summed E-state index contributed by atoms with van der Waals surface area (Å²) in [4.78, 5) is 0. The second kappa shape index (κ2) is 4.83. The van der Waals surface area contributed by atoms with Crippen LogP contribution in [0.25, 0.3) is 11.1 Å². The Morgan fingerprint density at radius 1 is 0.941 bits per heavy atom. The van der Waals surface area contributed by atoms with Gasteiger partial charge in [-0.1, -0.05) is 55.5 Å². The number of aryl methyl sites for hydroxylation is 1. The minimum atomic E-state index is 0.109. The maximum Gasteiger partial charge on any atom is 0.122 e. The van der Waals surface area contributed by atoms with Crippen LogP contribution in [0.4, 0.5) is 0 Å². The van der Waals surface area contributed by atoms with Gasteiger partial charge < -0.3 is 5.73 Å². The summed E-state index contributed by atoms with van der Waals surface area (Å²) in [5.41, 5.74) is 9.87. The van der Waals surface area contributed by atoms with Gasteiger partial charge >= 0.3 is 0 Å². The number of hydrogen-bond donors (Lipinski definition) is 2. The molecule has 0 heterocycles. The Labute approximate surface area is 102 Å². The molecule has 0 aliphatic carbocycles. The van der Waals surface area contributed by atoms with Gasteiger partial charge in [-0.25, -0.2) is 0 Å². The molecule has 0 aliphatic rings. The quantitative estimate of drug-likeness (QED) is 0.610. The first-order valence-corrected chi connectivity index (χ1v) is 5.74. The number of nitrogens with two attached hydrogens (primary N) is 1. The Kier molecular flexibility index (Phi) is 3.24. The van der Waals surface area contributed by atoms with Crippen molar-refractivity contribution in [2.75, 3.05) is 0 Å². The van der Waals surface area contributed by atoms with E-state index in [9.17, 15) is 0 Å². The van der Waals surface area contributed by atoms with Crippen molar-refractivity contribution in [3.05, 3.63) is 59.7 Å². The monoisotopic (exact) mass is 224 g/mol. The van der Waals surface area contributed by atoms with E-state index in [1.165, 1.54) is 11.1 Å². The minimum Gasteiger partial charge on any atom is -0.384 e. The summed E-state index contributed by atoms with van der Waals surface area (Å²) in [6.07, 6.45) is 1.06. The Morgan fingerprint density at radius 3 is 1.82 bits per heavy atom. The highest BCUT2D eigenvalue weighted by Gasteiger charge is 1.99. The fourth-order valence-electron chi connectivity index (χ4n) is 1.78. The third-order valence-electron chi connectivity index (χ3n) is 2.89. The lowest BCUT2D eigenvalue weighted by atomic mass is 10.0. The molecule has 0 fully saturated rings. The van der Waals surface area contributed by atoms with E-state index in [1.54, 1.807) is 0 Å². The summed E-state index contributed by atoms with van der Waals surface area (Å²) in [5.74, 6) is 0.109. The molecule has 0 atom stereocenters. The van der Waals surface area contributed by atoms with Gasteiger partial charge in [0.2, 0.25) is 0 Å². The highest BCUT2D eigenvalue weighted by molar-refractivity contribution is 5.95. The van der Waals surface area contributed by atoms with Crippen LogP contribution < -0.4 is 5.73 Å². The summed E-state index contributed by atoms with van der Waals surface area (Å²) in [6, 6.07) is 16.3. The van der Waals surface area contributed by atoms with Crippen LogP contribution in [0.3, 0.4) is 0 Å². The van der Waals surface area contributed by atoms with Gasteiger partial charge in [0.15, 0.2) is 0 Å². The summed E-state index contributed by atoms with van der Waals surface area (Å²) in [7, 11) is 0. The predicted molar refractivity (Wildman–Crippen MR) is 72.3 cm³/mol. The Bertz CT molecular complexity index is 510. The van der Waals surface area contributed by atoms with E-state index in [2.05, 4.69) is 31.2 Å². The minimum absolute atomic E-state index is 0.109. The summed E-state index contributed by atoms with van der Waals surface area (Å²) in [5, 5.41) is 7.34. The maximum atomic E-state index is 7.34. The van der Waals surface area contributed by atoms with Crippen LogP contribution in [0.2, 0.25) is 0 Å². The largest absolute Gasteiger partial charge is 0.384 e. The van der Waals surface area contributed by atoms with Crippen LogP contribution in [0.5, 0.6) is 0 Å². The average Bonchev–Trinajstić information content (AvgIpc) is 2.39. The van der Waals surface area contributed by atoms with Crippen molar-refractivity contribution in [3.63, 3.8) is 0 Å². The van der Waals surface area contributed by atoms with E-state index >= 15 is 0 Å². The standard InChI is InChI=1S/C15H16N2/c1-2-11-3-5-12(6-4-11)13-7-9-14(10-8-13)15(16)17/h3-10H,2H2,1H3,(H3,16,17). The molecule has 2 nitrogen and oxygen atoms in total. The first kappa shape index (κ1) is 11.4. The molecule has 0 aliphatic heterocycles. The molecule has 17 heavy (non-hydrogen) atoms. The Balaban J connectivity index is 2.29. The number of hydrogen-bond acceptors (Lipinski definition) is 1. The normalized spacial score (nSPS) is 10.2. The van der Waals surface area contributed by atoms with E-state index in [0.717, 1.165) is 17.5 Å². The maximum absolute atomic E-state index is 7.34. The Hall–Kier alpha value is -2.09. The van der Waals surface area contributed by atoms with Crippen molar-refractivity contribution in [1.29, 1.82) is 5.41 Å². The van der Waals surface area contributed by atoms with E-state index in [1.807, 2.05) is 24.3 Å². The van der Waals surface area contributed by atoms with Crippen LogP contribution in [-0.4, -0.2) is 5.84 Å². The van der Waals surface area contributed by atoms with Crippen molar-refractivity contribution in [3.8, 4) is 11.1 Å². The molecule has 0 amide bonds. The molecule has 2 rings (SSSR count). The highest BCUT2D eigenvalue weighted by Crippen LogP contribution is 2.20. The number of rotatable bonds is 3. The van der Waals surface area contributed by atoms with Gasteiger partial charge in [0.05, 0.1) is 0 Å². The first-order chi connectivity index (χ1) is 8.20. The van der Waals surface area contributed by atoms with Crippen LogP contribution in [-0.2, 0) is 6.42 Å². The fourth-order valence-corrected chi connectivity index (χ4v) is 1.78. The molecule has 0 spiro atoms. The van der Waals surface area contributed by atoms with E-state index < -0.39 is 0 Å². The molecular formula is C15H16N2. The second-order valence-corrected chi connectivity index (χ2v) is 4.04. The molecule has 2 aromatic rings. The van der Waals surface area contributed by atoms with Gasteiger partial charge in [-0.05, 0) is 23.1 Å². The summed E-state index contributed by atoms with van der Waals surface area (Å²) in [6.45, 7) is 2.15. The van der Waals surface area contributed by atoms with Crippen molar-refractivity contribution < 1.29 is 0 Å². The fraction of sp³-hybridized carbons (Fsp3) is 0.133. The van der Waals surface area contributed by atoms with Gasteiger partial charge in [0.1, 0.15) is 5.84 Å². The van der Waals surface area contributed by atoms with Crippen LogP contribution in [0.15, 0.2) is 48.5 Å². The van der Waals surface area contributed by atoms with Gasteiger partial charge in [0.25, 0.3) is 0 Å². The summed E-state index contributed by atoms with van der Waals surface area (Å²) < 4.78 is 0. The number of nitrogens with one attached hydrogen (secondary N) is 1. The van der Waals surface area contributed by atoms with Gasteiger partial charge in [-0.15, -0.1) is 0 Å². The molecular weight excluding hydrogens is 208 g/mol. The molecule has 86 valence electrons. The van der Waals surface area contributed by atoms with Crippen molar-refractivity contribution in [2.24, 2.45) is 5.73 Å². The van der Waals surface area contributed by atoms with E-state index in [-0.39, 0.29) is 5.84 Å².